The van der Waals surface area contributed by atoms with E-state index in [1.165, 1.54) is 181 Å². The van der Waals surface area contributed by atoms with Crippen molar-refractivity contribution in [2.75, 3.05) is 52.4 Å². The van der Waals surface area contributed by atoms with Crippen molar-refractivity contribution in [1.82, 2.24) is 19.6 Å². The normalized spacial score (nSPS) is 27.3. The van der Waals surface area contributed by atoms with E-state index in [1.807, 2.05) is 0 Å². The summed E-state index contributed by atoms with van der Waals surface area (Å²) in [6.07, 6.45) is 28.0. The first-order valence-electron chi connectivity index (χ1n) is 20.4. The molecule has 4 fully saturated rings. The Morgan fingerprint density at radius 1 is 0.386 bits per heavy atom. The summed E-state index contributed by atoms with van der Waals surface area (Å²) in [6.45, 7) is 29.2. The first-order chi connectivity index (χ1) is 21.4. The minimum atomic E-state index is 0.855. The van der Waals surface area contributed by atoms with Gasteiger partial charge in [0.25, 0.3) is 0 Å². The smallest absolute Gasteiger partial charge is 0.00926 e. The van der Waals surface area contributed by atoms with Crippen molar-refractivity contribution in [1.29, 1.82) is 0 Å². The molecule has 264 valence electrons. The molecule has 44 heavy (non-hydrogen) atoms. The molecule has 0 saturated carbocycles. The van der Waals surface area contributed by atoms with Gasteiger partial charge in [-0.15, -0.1) is 0 Å². The molecule has 0 radical (unpaired) electrons. The lowest BCUT2D eigenvalue weighted by Gasteiger charge is -2.35. The topological polar surface area (TPSA) is 13.0 Å². The lowest BCUT2D eigenvalue weighted by Crippen LogP contribution is -2.39. The van der Waals surface area contributed by atoms with Crippen molar-refractivity contribution in [3.05, 3.63) is 0 Å². The van der Waals surface area contributed by atoms with E-state index >= 15 is 0 Å². The van der Waals surface area contributed by atoms with Gasteiger partial charge in [-0.25, -0.2) is 0 Å². The van der Waals surface area contributed by atoms with E-state index in [4.69, 9.17) is 0 Å². The lowest BCUT2D eigenvalue weighted by atomic mass is 10.00. The van der Waals surface area contributed by atoms with Gasteiger partial charge >= 0.3 is 0 Å². The Labute approximate surface area is 279 Å². The summed E-state index contributed by atoms with van der Waals surface area (Å²) < 4.78 is 0. The predicted octanol–water partition coefficient (Wildman–Crippen LogP) is 10.6. The lowest BCUT2D eigenvalue weighted by molar-refractivity contribution is 0.142. The third kappa shape index (κ3) is 18.2. The average Bonchev–Trinajstić information content (AvgIpc) is 3.06. The second-order valence-electron chi connectivity index (χ2n) is 14.7. The van der Waals surface area contributed by atoms with Crippen molar-refractivity contribution in [2.24, 2.45) is 0 Å². The number of piperidine rings is 4. The summed E-state index contributed by atoms with van der Waals surface area (Å²) in [7, 11) is 0. The Bertz CT molecular complexity index is 606. The van der Waals surface area contributed by atoms with Gasteiger partial charge in [-0.2, -0.15) is 0 Å². The highest BCUT2D eigenvalue weighted by molar-refractivity contribution is 4.76. The fourth-order valence-electron chi connectivity index (χ4n) is 7.91. The van der Waals surface area contributed by atoms with Crippen molar-refractivity contribution in [3.8, 4) is 0 Å². The van der Waals surface area contributed by atoms with Crippen LogP contribution in [0.1, 0.15) is 184 Å². The van der Waals surface area contributed by atoms with Crippen LogP contribution in [0.3, 0.4) is 0 Å². The van der Waals surface area contributed by atoms with Crippen molar-refractivity contribution < 1.29 is 0 Å². The highest BCUT2D eigenvalue weighted by atomic mass is 15.2. The number of rotatable bonds is 12. The summed E-state index contributed by atoms with van der Waals surface area (Å²) in [5.74, 6) is 0. The predicted molar refractivity (Wildman–Crippen MR) is 199 cm³/mol. The molecule has 4 unspecified atom stereocenters. The molecule has 4 nitrogen and oxygen atoms in total. The first kappa shape index (κ1) is 41.9. The van der Waals surface area contributed by atoms with Gasteiger partial charge in [0.15, 0.2) is 0 Å². The Kier molecular flexibility index (Phi) is 26.6. The number of nitrogens with zero attached hydrogens (tertiary/aromatic N) is 4. The number of unbranched alkanes of at least 4 members (excludes halogenated alkanes) is 2. The third-order valence-electron chi connectivity index (χ3n) is 10.9. The van der Waals surface area contributed by atoms with Gasteiger partial charge in [0, 0.05) is 24.2 Å². The fraction of sp³-hybridized carbons (Fsp3) is 1.00. The SMILES string of the molecule is CCCCN1CCCCC1C.CCCCN1CCCCC1CC.CCCN1CCCCC1C.CCCN1CCCCC1CC. The molecule has 4 aliphatic rings. The highest BCUT2D eigenvalue weighted by Gasteiger charge is 2.20. The average molecular weight is 621 g/mol. The van der Waals surface area contributed by atoms with Crippen LogP contribution in [0.15, 0.2) is 0 Å². The summed E-state index contributed by atoms with van der Waals surface area (Å²) in [6, 6.07) is 3.53. The zero-order chi connectivity index (χ0) is 32.4. The molecule has 4 saturated heterocycles. The quantitative estimate of drug-likeness (QED) is 0.215. The molecule has 0 aromatic heterocycles. The van der Waals surface area contributed by atoms with Crippen LogP contribution in [0.5, 0.6) is 0 Å². The minimum absolute atomic E-state index is 0.855. The second kappa shape index (κ2) is 27.9. The summed E-state index contributed by atoms with van der Waals surface area (Å²) >= 11 is 0. The third-order valence-corrected chi connectivity index (χ3v) is 10.9. The first-order valence-corrected chi connectivity index (χ1v) is 20.4. The zero-order valence-electron chi connectivity index (χ0n) is 31.9. The molecule has 4 atom stereocenters. The molecular formula is C40H84N4. The van der Waals surface area contributed by atoms with E-state index in [9.17, 15) is 0 Å². The molecule has 0 spiro atoms. The maximum atomic E-state index is 2.70. The molecule has 0 bridgehead atoms. The van der Waals surface area contributed by atoms with Crippen molar-refractivity contribution >= 4 is 0 Å². The maximum Gasteiger partial charge on any atom is 0.00926 e. The second-order valence-corrected chi connectivity index (χ2v) is 14.7. The van der Waals surface area contributed by atoms with Gasteiger partial charge in [0.05, 0.1) is 0 Å². The van der Waals surface area contributed by atoms with Crippen LogP contribution in [0.2, 0.25) is 0 Å². The van der Waals surface area contributed by atoms with E-state index in [-0.39, 0.29) is 0 Å². The molecule has 0 amide bonds. The standard InChI is InChI=1S/C11H23N.2C10H21N.C9H19N/c1-3-5-9-12-10-7-6-8-11(12)4-2;1-3-4-8-11-9-6-5-7-10(11)2;1-3-8-11-9-6-5-7-10(11)4-2;1-3-7-10-8-5-4-6-9(10)2/h11H,3-10H2,1-2H3;2*10H,3-9H2,1-2H3;9H,3-8H2,1-2H3. The molecule has 4 heteroatoms. The molecule has 4 rings (SSSR count). The monoisotopic (exact) mass is 621 g/mol. The fourth-order valence-corrected chi connectivity index (χ4v) is 7.91. The van der Waals surface area contributed by atoms with Crippen LogP contribution in [-0.4, -0.2) is 96.1 Å². The van der Waals surface area contributed by atoms with Crippen LogP contribution in [0, 0.1) is 0 Å². The van der Waals surface area contributed by atoms with E-state index in [2.05, 4.69) is 75.0 Å². The Morgan fingerprint density at radius 3 is 1.11 bits per heavy atom. The van der Waals surface area contributed by atoms with Gasteiger partial charge in [-0.1, -0.05) is 80.1 Å². The van der Waals surface area contributed by atoms with Gasteiger partial charge in [0.2, 0.25) is 0 Å². The Morgan fingerprint density at radius 2 is 0.727 bits per heavy atom. The van der Waals surface area contributed by atoms with Gasteiger partial charge < -0.3 is 19.6 Å². The Balaban J connectivity index is 0.000000294. The molecule has 4 heterocycles. The van der Waals surface area contributed by atoms with Gasteiger partial charge in [0.1, 0.15) is 0 Å². The summed E-state index contributed by atoms with van der Waals surface area (Å²) in [5, 5.41) is 0. The minimum Gasteiger partial charge on any atom is -0.301 e. The summed E-state index contributed by atoms with van der Waals surface area (Å²) in [5.41, 5.74) is 0. The Hall–Kier alpha value is -0.160. The largest absolute Gasteiger partial charge is 0.301 e. The number of hydrogen-bond donors (Lipinski definition) is 0. The van der Waals surface area contributed by atoms with Gasteiger partial charge in [-0.3, -0.25) is 0 Å². The maximum absolute atomic E-state index is 2.70. The highest BCUT2D eigenvalue weighted by Crippen LogP contribution is 2.21. The van der Waals surface area contributed by atoms with Crippen LogP contribution in [0.25, 0.3) is 0 Å². The number of hydrogen-bond acceptors (Lipinski definition) is 4. The van der Waals surface area contributed by atoms with Crippen LogP contribution < -0.4 is 0 Å². The van der Waals surface area contributed by atoms with Crippen LogP contribution in [0.4, 0.5) is 0 Å². The number of likely N-dealkylation sites (tertiary alicyclic amines) is 4. The van der Waals surface area contributed by atoms with E-state index in [1.54, 1.807) is 0 Å². The molecule has 0 N–H and O–H groups in total. The van der Waals surface area contributed by atoms with Crippen LogP contribution in [-0.2, 0) is 0 Å². The molecular weight excluding hydrogens is 536 g/mol. The molecule has 0 aliphatic carbocycles. The van der Waals surface area contributed by atoms with Crippen molar-refractivity contribution in [2.45, 2.75) is 208 Å². The molecule has 0 aromatic rings. The summed E-state index contributed by atoms with van der Waals surface area (Å²) in [4.78, 5) is 10.6. The molecule has 0 aromatic carbocycles. The van der Waals surface area contributed by atoms with E-state index < -0.39 is 0 Å². The van der Waals surface area contributed by atoms with E-state index in [0.29, 0.717) is 0 Å². The molecule has 4 aliphatic heterocycles. The van der Waals surface area contributed by atoms with Gasteiger partial charge in [-0.05, 0) is 156 Å². The van der Waals surface area contributed by atoms with Crippen LogP contribution >= 0.6 is 0 Å². The van der Waals surface area contributed by atoms with E-state index in [0.717, 1.165) is 24.2 Å². The van der Waals surface area contributed by atoms with Crippen molar-refractivity contribution in [3.63, 3.8) is 0 Å². The zero-order valence-corrected chi connectivity index (χ0v) is 31.9.